The Kier molecular flexibility index (Phi) is 6.02. The van der Waals surface area contributed by atoms with Crippen molar-refractivity contribution in [3.63, 3.8) is 0 Å². The molecule has 0 saturated carbocycles. The zero-order valence-corrected chi connectivity index (χ0v) is 16.8. The van der Waals surface area contributed by atoms with Crippen molar-refractivity contribution in [3.05, 3.63) is 59.7 Å². The number of rotatable bonds is 7. The highest BCUT2D eigenvalue weighted by Crippen LogP contribution is 2.29. The minimum Gasteiger partial charge on any atom is -0.493 e. The maximum absolute atomic E-state index is 12.9. The number of ether oxygens (including phenoxy) is 2. The number of likely N-dealkylation sites (tertiary alicyclic amines) is 1. The van der Waals surface area contributed by atoms with Gasteiger partial charge in [-0.15, -0.1) is 0 Å². The molecule has 0 unspecified atom stereocenters. The Morgan fingerprint density at radius 2 is 2.14 bits per heavy atom. The molecule has 2 atom stereocenters. The standard InChI is InChI=1S/C23H28N2O4/c1-24(23(27)16-29-20-8-7-18-10-12-28-22(18)13-20)21(17-5-3-2-4-6-17)15-25-11-9-19(26)14-25/h2-8,13,19,21,26H,9-12,14-16H2,1H3/t19-,21+/m0/s1. The van der Waals surface area contributed by atoms with Crippen molar-refractivity contribution in [2.24, 2.45) is 0 Å². The highest BCUT2D eigenvalue weighted by atomic mass is 16.5. The molecule has 2 aromatic rings. The third kappa shape index (κ3) is 4.71. The van der Waals surface area contributed by atoms with E-state index in [2.05, 4.69) is 4.90 Å². The lowest BCUT2D eigenvalue weighted by molar-refractivity contribution is -0.134. The molecule has 0 bridgehead atoms. The van der Waals surface area contributed by atoms with Gasteiger partial charge in [0.25, 0.3) is 5.91 Å². The monoisotopic (exact) mass is 396 g/mol. The second kappa shape index (κ2) is 8.84. The Bertz CT molecular complexity index is 842. The molecular weight excluding hydrogens is 368 g/mol. The minimum atomic E-state index is -0.280. The largest absolute Gasteiger partial charge is 0.493 e. The van der Waals surface area contributed by atoms with E-state index >= 15 is 0 Å². The molecule has 0 aliphatic carbocycles. The molecule has 1 amide bonds. The van der Waals surface area contributed by atoms with Crippen LogP contribution >= 0.6 is 0 Å². The van der Waals surface area contributed by atoms with Gasteiger partial charge in [-0.05, 0) is 23.6 Å². The first-order valence-electron chi connectivity index (χ1n) is 10.2. The second-order valence-corrected chi connectivity index (χ2v) is 7.79. The number of amides is 1. The number of nitrogens with zero attached hydrogens (tertiary/aromatic N) is 2. The van der Waals surface area contributed by atoms with E-state index in [1.54, 1.807) is 4.90 Å². The van der Waals surface area contributed by atoms with Gasteiger partial charge < -0.3 is 19.5 Å². The van der Waals surface area contributed by atoms with Crippen molar-refractivity contribution in [2.75, 3.05) is 39.9 Å². The Morgan fingerprint density at radius 3 is 2.90 bits per heavy atom. The highest BCUT2D eigenvalue weighted by molar-refractivity contribution is 5.78. The Labute approximate surface area is 171 Å². The molecule has 0 radical (unpaired) electrons. The second-order valence-electron chi connectivity index (χ2n) is 7.79. The number of β-amino-alcohol motifs (C(OH)–C–C–N with tert-alkyl or cyclic N) is 1. The smallest absolute Gasteiger partial charge is 0.260 e. The Balaban J connectivity index is 1.42. The van der Waals surface area contributed by atoms with Crippen LogP contribution in [0, 0.1) is 0 Å². The lowest BCUT2D eigenvalue weighted by atomic mass is 10.0. The van der Waals surface area contributed by atoms with Crippen LogP contribution in [0.3, 0.4) is 0 Å². The predicted molar refractivity (Wildman–Crippen MR) is 110 cm³/mol. The maximum Gasteiger partial charge on any atom is 0.260 e. The van der Waals surface area contributed by atoms with Gasteiger partial charge >= 0.3 is 0 Å². The number of hydrogen-bond acceptors (Lipinski definition) is 5. The molecule has 2 aliphatic rings. The first-order valence-corrected chi connectivity index (χ1v) is 10.2. The Morgan fingerprint density at radius 1 is 1.31 bits per heavy atom. The number of hydrogen-bond donors (Lipinski definition) is 1. The first-order chi connectivity index (χ1) is 14.1. The fourth-order valence-corrected chi connectivity index (χ4v) is 4.01. The summed E-state index contributed by atoms with van der Waals surface area (Å²) >= 11 is 0. The predicted octanol–water partition coefficient (Wildman–Crippen LogP) is 2.27. The fraction of sp³-hybridized carbons (Fsp3) is 0.435. The number of carbonyl (C=O) groups excluding carboxylic acids is 1. The zero-order chi connectivity index (χ0) is 20.2. The normalized spacial score (nSPS) is 19.4. The molecule has 0 aromatic heterocycles. The molecule has 29 heavy (non-hydrogen) atoms. The van der Waals surface area contributed by atoms with Crippen LogP contribution in [0.15, 0.2) is 48.5 Å². The average molecular weight is 396 g/mol. The van der Waals surface area contributed by atoms with Gasteiger partial charge in [0.05, 0.1) is 18.8 Å². The number of aliphatic hydroxyl groups is 1. The van der Waals surface area contributed by atoms with Gasteiger partial charge in [0.1, 0.15) is 11.5 Å². The van der Waals surface area contributed by atoms with E-state index in [1.165, 1.54) is 5.56 Å². The zero-order valence-electron chi connectivity index (χ0n) is 16.8. The molecule has 1 fully saturated rings. The van der Waals surface area contributed by atoms with Gasteiger partial charge in [0.2, 0.25) is 0 Å². The van der Waals surface area contributed by atoms with Crippen LogP contribution in [0.25, 0.3) is 0 Å². The number of carbonyl (C=O) groups is 1. The summed E-state index contributed by atoms with van der Waals surface area (Å²) in [4.78, 5) is 16.9. The van der Waals surface area contributed by atoms with E-state index in [9.17, 15) is 9.90 Å². The van der Waals surface area contributed by atoms with Gasteiger partial charge in [0.15, 0.2) is 6.61 Å². The maximum atomic E-state index is 12.9. The fourth-order valence-electron chi connectivity index (χ4n) is 4.01. The third-order valence-electron chi connectivity index (χ3n) is 5.75. The summed E-state index contributed by atoms with van der Waals surface area (Å²) in [6.45, 7) is 2.86. The van der Waals surface area contributed by atoms with Gasteiger partial charge in [-0.2, -0.15) is 0 Å². The summed E-state index contributed by atoms with van der Waals surface area (Å²) in [5.74, 6) is 1.41. The molecule has 2 aliphatic heterocycles. The summed E-state index contributed by atoms with van der Waals surface area (Å²) in [5, 5.41) is 9.86. The highest BCUT2D eigenvalue weighted by Gasteiger charge is 2.28. The molecule has 6 nitrogen and oxygen atoms in total. The summed E-state index contributed by atoms with van der Waals surface area (Å²) in [5.41, 5.74) is 2.26. The topological polar surface area (TPSA) is 62.2 Å². The molecule has 2 aromatic carbocycles. The van der Waals surface area contributed by atoms with Crippen LogP contribution in [0.5, 0.6) is 11.5 Å². The van der Waals surface area contributed by atoms with E-state index in [4.69, 9.17) is 9.47 Å². The van der Waals surface area contributed by atoms with Crippen molar-refractivity contribution in [2.45, 2.75) is 25.0 Å². The summed E-state index contributed by atoms with van der Waals surface area (Å²) in [6.07, 6.45) is 1.42. The van der Waals surface area contributed by atoms with Gasteiger partial charge in [-0.25, -0.2) is 0 Å². The van der Waals surface area contributed by atoms with Gasteiger partial charge in [-0.3, -0.25) is 9.69 Å². The van der Waals surface area contributed by atoms with Crippen molar-refractivity contribution in [1.29, 1.82) is 0 Å². The quantitative estimate of drug-likeness (QED) is 0.778. The van der Waals surface area contributed by atoms with Crippen LogP contribution in [-0.2, 0) is 11.2 Å². The summed E-state index contributed by atoms with van der Waals surface area (Å²) in [6, 6.07) is 15.7. The van der Waals surface area contributed by atoms with Gasteiger partial charge in [0, 0.05) is 39.2 Å². The van der Waals surface area contributed by atoms with Crippen LogP contribution in [0.4, 0.5) is 0 Å². The van der Waals surface area contributed by atoms with Crippen molar-refractivity contribution < 1.29 is 19.4 Å². The van der Waals surface area contributed by atoms with E-state index in [-0.39, 0.29) is 24.7 Å². The summed E-state index contributed by atoms with van der Waals surface area (Å²) in [7, 11) is 1.82. The van der Waals surface area contributed by atoms with Crippen LogP contribution in [0.2, 0.25) is 0 Å². The number of aliphatic hydroxyl groups excluding tert-OH is 1. The minimum absolute atomic E-state index is 0.0265. The molecule has 6 heteroatoms. The molecule has 1 N–H and O–H groups in total. The SMILES string of the molecule is CN(C(=O)COc1ccc2c(c1)OCC2)[C@H](CN1CC[C@H](O)C1)c1ccccc1. The van der Waals surface area contributed by atoms with Crippen molar-refractivity contribution >= 4 is 5.91 Å². The Hall–Kier alpha value is -2.57. The molecule has 0 spiro atoms. The van der Waals surface area contributed by atoms with E-state index in [1.807, 2.05) is 55.6 Å². The van der Waals surface area contributed by atoms with Crippen molar-refractivity contribution in [1.82, 2.24) is 9.80 Å². The van der Waals surface area contributed by atoms with Gasteiger partial charge in [-0.1, -0.05) is 36.4 Å². The summed E-state index contributed by atoms with van der Waals surface area (Å²) < 4.78 is 11.3. The number of benzene rings is 2. The lowest BCUT2D eigenvalue weighted by Gasteiger charge is -2.32. The van der Waals surface area contributed by atoms with E-state index in [0.717, 1.165) is 30.7 Å². The molecular formula is C23H28N2O4. The number of fused-ring (bicyclic) bond motifs is 1. The average Bonchev–Trinajstić information content (AvgIpc) is 3.38. The lowest BCUT2D eigenvalue weighted by Crippen LogP contribution is -2.40. The van der Waals surface area contributed by atoms with Crippen molar-refractivity contribution in [3.8, 4) is 11.5 Å². The van der Waals surface area contributed by atoms with E-state index in [0.29, 0.717) is 25.4 Å². The van der Waals surface area contributed by atoms with E-state index < -0.39 is 0 Å². The molecule has 154 valence electrons. The third-order valence-corrected chi connectivity index (χ3v) is 5.75. The molecule has 1 saturated heterocycles. The van der Waals surface area contributed by atoms with Crippen LogP contribution < -0.4 is 9.47 Å². The molecule has 2 heterocycles. The number of likely N-dealkylation sites (N-methyl/N-ethyl adjacent to an activating group) is 1. The van der Waals surface area contributed by atoms with Crippen LogP contribution in [0.1, 0.15) is 23.6 Å². The van der Waals surface area contributed by atoms with Crippen LogP contribution in [-0.4, -0.2) is 66.8 Å². The molecule has 4 rings (SSSR count). The first kappa shape index (κ1) is 19.7.